The number of aliphatic hydroxyl groups is 1. The molecule has 2 aliphatic rings. The fourth-order valence-corrected chi connectivity index (χ4v) is 4.01. The van der Waals surface area contributed by atoms with Crippen LogP contribution in [0.2, 0.25) is 5.02 Å². The summed E-state index contributed by atoms with van der Waals surface area (Å²) >= 11 is 6.00. The number of rotatable bonds is 2. The number of para-hydroxylation sites is 1. The predicted octanol–water partition coefficient (Wildman–Crippen LogP) is 3.36. The minimum Gasteiger partial charge on any atom is -0.442 e. The molecular weight excluding hydrogens is 378 g/mol. The lowest BCUT2D eigenvalue weighted by atomic mass is 9.75. The average Bonchev–Trinajstić information content (AvgIpc) is 3.11. The van der Waals surface area contributed by atoms with Crippen LogP contribution in [0.1, 0.15) is 42.7 Å². The van der Waals surface area contributed by atoms with Crippen molar-refractivity contribution >= 4 is 17.5 Å². The van der Waals surface area contributed by atoms with Crippen LogP contribution in [0.4, 0.5) is 0 Å². The zero-order valence-electron chi connectivity index (χ0n) is 15.2. The van der Waals surface area contributed by atoms with Crippen LogP contribution in [0.15, 0.2) is 42.5 Å². The molecule has 1 unspecified atom stereocenters. The normalized spacial score (nSPS) is 25.6. The van der Waals surface area contributed by atoms with Crippen molar-refractivity contribution in [3.05, 3.63) is 58.6 Å². The highest BCUT2D eigenvalue weighted by Crippen LogP contribution is 2.47. The summed E-state index contributed by atoms with van der Waals surface area (Å²) in [6.07, 6.45) is 1.69. The highest BCUT2D eigenvalue weighted by Gasteiger charge is 2.38. The molecule has 6 heteroatoms. The Bertz CT molecular complexity index is 980. The number of benzene rings is 2. The fraction of sp³-hybridized carbons (Fsp3) is 0.318. The molecule has 4 rings (SSSR count). The van der Waals surface area contributed by atoms with Crippen LogP contribution in [0.5, 0.6) is 11.5 Å². The predicted molar refractivity (Wildman–Crippen MR) is 105 cm³/mol. The molecule has 1 saturated carbocycles. The first-order chi connectivity index (χ1) is 13.4. The number of hydrogen-bond acceptors (Lipinski definition) is 4. The molecule has 0 bridgehead atoms. The summed E-state index contributed by atoms with van der Waals surface area (Å²) in [4.78, 5) is 11.4. The van der Waals surface area contributed by atoms with Gasteiger partial charge in [0.1, 0.15) is 5.60 Å². The van der Waals surface area contributed by atoms with Crippen molar-refractivity contribution in [3.63, 3.8) is 0 Å². The van der Waals surface area contributed by atoms with E-state index in [0.717, 1.165) is 24.0 Å². The van der Waals surface area contributed by atoms with Gasteiger partial charge in [-0.15, -0.1) is 0 Å². The Labute approximate surface area is 168 Å². The van der Waals surface area contributed by atoms with Gasteiger partial charge in [-0.1, -0.05) is 41.6 Å². The van der Waals surface area contributed by atoms with Gasteiger partial charge >= 0.3 is 6.29 Å². The van der Waals surface area contributed by atoms with Crippen molar-refractivity contribution in [2.75, 3.05) is 0 Å². The third kappa shape index (κ3) is 3.80. The molecule has 3 atom stereocenters. The Morgan fingerprint density at radius 1 is 1.25 bits per heavy atom. The van der Waals surface area contributed by atoms with E-state index in [1.165, 1.54) is 0 Å². The van der Waals surface area contributed by atoms with E-state index in [1.807, 2.05) is 24.3 Å². The first-order valence-electron chi connectivity index (χ1n) is 9.20. The monoisotopic (exact) mass is 397 g/mol. The molecule has 0 spiro atoms. The molecule has 2 aromatic carbocycles. The molecule has 28 heavy (non-hydrogen) atoms. The average molecular weight is 398 g/mol. The largest absolute Gasteiger partial charge is 0.442 e. The van der Waals surface area contributed by atoms with E-state index >= 15 is 0 Å². The molecule has 3 N–H and O–H groups in total. The second-order valence-corrected chi connectivity index (χ2v) is 7.67. The SMILES string of the molecule is NC(=O)C1Oc2cccc([C@H]3CCC[C@@](O)(C#Cc4cccc(Cl)c4)C3)c2O1. The number of nitrogens with two attached hydrogens (primary N) is 1. The molecule has 0 saturated heterocycles. The lowest BCUT2D eigenvalue weighted by molar-refractivity contribution is -0.133. The molecule has 1 amide bonds. The van der Waals surface area contributed by atoms with Gasteiger partial charge in [0, 0.05) is 16.1 Å². The van der Waals surface area contributed by atoms with Crippen molar-refractivity contribution in [1.29, 1.82) is 0 Å². The van der Waals surface area contributed by atoms with Gasteiger partial charge in [-0.3, -0.25) is 4.79 Å². The smallest absolute Gasteiger partial charge is 0.321 e. The van der Waals surface area contributed by atoms with E-state index in [2.05, 4.69) is 11.8 Å². The maximum Gasteiger partial charge on any atom is 0.321 e. The van der Waals surface area contributed by atoms with E-state index in [4.69, 9.17) is 26.8 Å². The summed E-state index contributed by atoms with van der Waals surface area (Å²) in [7, 11) is 0. The molecule has 1 fully saturated rings. The molecule has 1 heterocycles. The minimum atomic E-state index is -1.11. The van der Waals surface area contributed by atoms with Crippen LogP contribution in [-0.2, 0) is 4.79 Å². The van der Waals surface area contributed by atoms with Gasteiger partial charge in [0.25, 0.3) is 5.91 Å². The van der Waals surface area contributed by atoms with Crippen molar-refractivity contribution in [3.8, 4) is 23.3 Å². The van der Waals surface area contributed by atoms with Gasteiger partial charge in [-0.2, -0.15) is 0 Å². The quantitative estimate of drug-likeness (QED) is 0.761. The zero-order valence-corrected chi connectivity index (χ0v) is 15.9. The minimum absolute atomic E-state index is 0.0394. The Balaban J connectivity index is 1.57. The number of primary amides is 1. The topological polar surface area (TPSA) is 81.8 Å². The maximum atomic E-state index is 11.4. The molecule has 144 valence electrons. The van der Waals surface area contributed by atoms with Gasteiger partial charge in [-0.25, -0.2) is 0 Å². The Morgan fingerprint density at radius 2 is 2.07 bits per heavy atom. The summed E-state index contributed by atoms with van der Waals surface area (Å²) in [5.41, 5.74) is 5.87. The van der Waals surface area contributed by atoms with Crippen molar-refractivity contribution in [2.24, 2.45) is 5.73 Å². The van der Waals surface area contributed by atoms with Crippen LogP contribution >= 0.6 is 11.6 Å². The molecule has 2 aromatic rings. The van der Waals surface area contributed by atoms with E-state index < -0.39 is 17.8 Å². The van der Waals surface area contributed by atoms with E-state index in [1.54, 1.807) is 18.2 Å². The zero-order chi connectivity index (χ0) is 19.7. The van der Waals surface area contributed by atoms with Gasteiger partial charge in [-0.05, 0) is 55.9 Å². The van der Waals surface area contributed by atoms with Gasteiger partial charge < -0.3 is 20.3 Å². The Morgan fingerprint density at radius 3 is 2.86 bits per heavy atom. The number of carbonyl (C=O) groups is 1. The van der Waals surface area contributed by atoms with Gasteiger partial charge in [0.05, 0.1) is 0 Å². The number of fused-ring (bicyclic) bond motifs is 1. The Kier molecular flexibility index (Phi) is 4.92. The third-order valence-electron chi connectivity index (χ3n) is 5.13. The van der Waals surface area contributed by atoms with Crippen LogP contribution < -0.4 is 15.2 Å². The number of amides is 1. The summed E-state index contributed by atoms with van der Waals surface area (Å²) in [6.45, 7) is 0. The highest BCUT2D eigenvalue weighted by molar-refractivity contribution is 6.30. The Hall–Kier alpha value is -2.68. The standard InChI is InChI=1S/C22H20ClNO4/c23-16-6-1-4-14(12-16)9-11-22(26)10-3-5-15(13-22)17-7-2-8-18-19(17)28-21(27-18)20(24)25/h1-2,4,6-8,12,15,21,26H,3,5,10,13H2,(H2,24,25)/t15-,21?,22+/m0/s1. The summed E-state index contributed by atoms with van der Waals surface area (Å²) < 4.78 is 11.1. The van der Waals surface area contributed by atoms with E-state index in [9.17, 15) is 9.90 Å². The van der Waals surface area contributed by atoms with Crippen molar-refractivity contribution in [1.82, 2.24) is 0 Å². The van der Waals surface area contributed by atoms with Gasteiger partial charge in [0.15, 0.2) is 11.5 Å². The lowest BCUT2D eigenvalue weighted by Gasteiger charge is -2.33. The fourth-order valence-electron chi connectivity index (χ4n) is 3.82. The summed E-state index contributed by atoms with van der Waals surface area (Å²) in [5, 5.41) is 11.7. The summed E-state index contributed by atoms with van der Waals surface area (Å²) in [6, 6.07) is 12.8. The lowest BCUT2D eigenvalue weighted by Crippen LogP contribution is -2.35. The van der Waals surface area contributed by atoms with Crippen LogP contribution in [0, 0.1) is 11.8 Å². The number of hydrogen-bond donors (Lipinski definition) is 2. The van der Waals surface area contributed by atoms with Crippen LogP contribution in [-0.4, -0.2) is 22.9 Å². The molecule has 5 nitrogen and oxygen atoms in total. The second-order valence-electron chi connectivity index (χ2n) is 7.23. The third-order valence-corrected chi connectivity index (χ3v) is 5.37. The molecule has 0 radical (unpaired) electrons. The van der Waals surface area contributed by atoms with Crippen LogP contribution in [0.3, 0.4) is 0 Å². The van der Waals surface area contributed by atoms with Gasteiger partial charge in [0.2, 0.25) is 0 Å². The number of ether oxygens (including phenoxy) is 2. The van der Waals surface area contributed by atoms with Crippen molar-refractivity contribution in [2.45, 2.75) is 43.5 Å². The first-order valence-corrected chi connectivity index (χ1v) is 9.58. The van der Waals surface area contributed by atoms with E-state index in [0.29, 0.717) is 29.4 Å². The van der Waals surface area contributed by atoms with E-state index in [-0.39, 0.29) is 5.92 Å². The second kappa shape index (κ2) is 7.38. The first kappa shape index (κ1) is 18.7. The van der Waals surface area contributed by atoms with Crippen LogP contribution in [0.25, 0.3) is 0 Å². The number of halogens is 1. The summed E-state index contributed by atoms with van der Waals surface area (Å²) in [5.74, 6) is 6.48. The number of carbonyl (C=O) groups excluding carboxylic acids is 1. The molecule has 1 aliphatic heterocycles. The van der Waals surface area contributed by atoms with Crippen molar-refractivity contribution < 1.29 is 19.4 Å². The molecular formula is C22H20ClNO4. The maximum absolute atomic E-state index is 11.4. The molecule has 1 aliphatic carbocycles. The molecule has 0 aromatic heterocycles. The highest BCUT2D eigenvalue weighted by atomic mass is 35.5.